The van der Waals surface area contributed by atoms with Gasteiger partial charge in [0.05, 0.1) is 11.9 Å². The van der Waals surface area contributed by atoms with Crippen LogP contribution in [0.2, 0.25) is 0 Å². The number of carbonyl (C=O) groups is 2. The van der Waals surface area contributed by atoms with E-state index in [9.17, 15) is 18.0 Å². The highest BCUT2D eigenvalue weighted by atomic mass is 127. The molecule has 1 fully saturated rings. The van der Waals surface area contributed by atoms with Gasteiger partial charge in [0.15, 0.2) is 0 Å². The molecule has 1 N–H and O–H groups in total. The fourth-order valence-corrected chi connectivity index (χ4v) is 5.63. The number of halogens is 2. The molecule has 0 spiro atoms. The Hall–Kier alpha value is -1.66. The van der Waals surface area contributed by atoms with Gasteiger partial charge in [0.2, 0.25) is 21.8 Å². The molecular formula is C25H31BrIN3O4S. The number of nitrogens with one attached hydrogen (secondary N) is 1. The maximum atomic E-state index is 13.6. The SMILES string of the molecule is C[C@@H](C(=O)NC1CCCCC1)N(Cc1ccc(Br)cc1)C(=O)CN(c1ccc(I)cc1)S(C)(=O)=O. The maximum Gasteiger partial charge on any atom is 0.244 e. The number of carbonyl (C=O) groups excluding carboxylic acids is 2. The fraction of sp³-hybridized carbons (Fsp3) is 0.440. The lowest BCUT2D eigenvalue weighted by atomic mass is 9.95. The number of hydrogen-bond donors (Lipinski definition) is 1. The molecule has 7 nitrogen and oxygen atoms in total. The van der Waals surface area contributed by atoms with Crippen LogP contribution >= 0.6 is 38.5 Å². The standard InChI is InChI=1S/C25H31BrIN3O4S/c1-18(25(32)28-22-6-4-3-5-7-22)29(16-19-8-10-20(26)11-9-19)24(31)17-30(35(2,33)34)23-14-12-21(27)13-15-23/h8-15,18,22H,3-7,16-17H2,1-2H3,(H,28,32)/t18-/m0/s1. The van der Waals surface area contributed by atoms with Crippen molar-refractivity contribution in [2.75, 3.05) is 17.1 Å². The zero-order chi connectivity index (χ0) is 25.6. The van der Waals surface area contributed by atoms with Gasteiger partial charge in [-0.15, -0.1) is 0 Å². The van der Waals surface area contributed by atoms with Crippen LogP contribution in [0.15, 0.2) is 53.0 Å². The summed E-state index contributed by atoms with van der Waals surface area (Å²) in [5.74, 6) is -0.661. The number of anilines is 1. The Balaban J connectivity index is 1.85. The van der Waals surface area contributed by atoms with Crippen molar-refractivity contribution in [3.63, 3.8) is 0 Å². The van der Waals surface area contributed by atoms with Crippen molar-refractivity contribution in [1.29, 1.82) is 0 Å². The summed E-state index contributed by atoms with van der Waals surface area (Å²) >= 11 is 5.55. The number of hydrogen-bond acceptors (Lipinski definition) is 4. The van der Waals surface area contributed by atoms with Crippen LogP contribution in [-0.2, 0) is 26.2 Å². The minimum absolute atomic E-state index is 0.114. The fourth-order valence-electron chi connectivity index (χ4n) is 4.16. The van der Waals surface area contributed by atoms with Crippen molar-refractivity contribution in [2.45, 2.75) is 57.7 Å². The van der Waals surface area contributed by atoms with Crippen LogP contribution in [-0.4, -0.2) is 50.0 Å². The number of rotatable bonds is 9. The van der Waals surface area contributed by atoms with Crippen LogP contribution < -0.4 is 9.62 Å². The summed E-state index contributed by atoms with van der Waals surface area (Å²) in [4.78, 5) is 28.2. The smallest absolute Gasteiger partial charge is 0.244 e. The minimum atomic E-state index is -3.73. The number of benzene rings is 2. The van der Waals surface area contributed by atoms with E-state index in [1.807, 2.05) is 24.3 Å². The molecule has 0 radical (unpaired) electrons. The largest absolute Gasteiger partial charge is 0.352 e. The molecule has 2 aromatic carbocycles. The molecule has 3 rings (SSSR count). The summed E-state index contributed by atoms with van der Waals surface area (Å²) in [5.41, 5.74) is 1.25. The summed E-state index contributed by atoms with van der Waals surface area (Å²) in [6.07, 6.45) is 6.30. The highest BCUT2D eigenvalue weighted by Crippen LogP contribution is 2.22. The lowest BCUT2D eigenvalue weighted by molar-refractivity contribution is -0.139. The number of amides is 2. The Morgan fingerprint density at radius 3 is 2.23 bits per heavy atom. The minimum Gasteiger partial charge on any atom is -0.352 e. The normalized spacial score (nSPS) is 15.3. The molecule has 1 atom stereocenters. The molecule has 35 heavy (non-hydrogen) atoms. The van der Waals surface area contributed by atoms with Gasteiger partial charge in [-0.2, -0.15) is 0 Å². The Kier molecular flexibility index (Phi) is 10.00. The predicted molar refractivity (Wildman–Crippen MR) is 151 cm³/mol. The molecule has 0 aromatic heterocycles. The van der Waals surface area contributed by atoms with E-state index >= 15 is 0 Å². The average molecular weight is 676 g/mol. The van der Waals surface area contributed by atoms with Crippen LogP contribution in [0, 0.1) is 3.57 Å². The molecule has 1 saturated carbocycles. The molecule has 0 bridgehead atoms. The monoisotopic (exact) mass is 675 g/mol. The zero-order valence-corrected chi connectivity index (χ0v) is 24.5. The maximum absolute atomic E-state index is 13.6. The van der Waals surface area contributed by atoms with Crippen LogP contribution in [0.3, 0.4) is 0 Å². The van der Waals surface area contributed by atoms with E-state index in [0.29, 0.717) is 5.69 Å². The van der Waals surface area contributed by atoms with Crippen molar-refractivity contribution in [2.24, 2.45) is 0 Å². The van der Waals surface area contributed by atoms with Gasteiger partial charge < -0.3 is 10.2 Å². The molecule has 10 heteroatoms. The molecule has 2 aromatic rings. The summed E-state index contributed by atoms with van der Waals surface area (Å²) in [6.45, 7) is 1.50. The quantitative estimate of drug-likeness (QED) is 0.391. The second-order valence-corrected chi connectivity index (χ2v) is 13.0. The van der Waals surface area contributed by atoms with Gasteiger partial charge in [-0.3, -0.25) is 13.9 Å². The topological polar surface area (TPSA) is 86.8 Å². The molecule has 190 valence electrons. The molecule has 0 heterocycles. The molecule has 1 aliphatic rings. The third kappa shape index (κ3) is 8.18. The Labute approximate surface area is 230 Å². The average Bonchev–Trinajstić information content (AvgIpc) is 2.82. The molecule has 0 aliphatic heterocycles. The number of sulfonamides is 1. The van der Waals surface area contributed by atoms with E-state index in [1.165, 1.54) is 11.3 Å². The van der Waals surface area contributed by atoms with Crippen LogP contribution in [0.4, 0.5) is 5.69 Å². The molecule has 0 saturated heterocycles. The second-order valence-electron chi connectivity index (χ2n) is 8.91. The highest BCUT2D eigenvalue weighted by molar-refractivity contribution is 14.1. The van der Waals surface area contributed by atoms with Crippen molar-refractivity contribution in [3.8, 4) is 0 Å². The molecular weight excluding hydrogens is 645 g/mol. The summed E-state index contributed by atoms with van der Waals surface area (Å²) in [6, 6.07) is 13.8. The van der Waals surface area contributed by atoms with Crippen LogP contribution in [0.25, 0.3) is 0 Å². The lowest BCUT2D eigenvalue weighted by Crippen LogP contribution is -2.52. The highest BCUT2D eigenvalue weighted by Gasteiger charge is 2.31. The molecule has 0 unspecified atom stereocenters. The summed E-state index contributed by atoms with van der Waals surface area (Å²) in [7, 11) is -3.73. The summed E-state index contributed by atoms with van der Waals surface area (Å²) < 4.78 is 28.2. The van der Waals surface area contributed by atoms with Gasteiger partial charge in [-0.05, 0) is 84.3 Å². The second kappa shape index (κ2) is 12.5. The Morgan fingerprint density at radius 2 is 1.66 bits per heavy atom. The van der Waals surface area contributed by atoms with Crippen molar-refractivity contribution >= 4 is 66.0 Å². The van der Waals surface area contributed by atoms with Crippen molar-refractivity contribution < 1.29 is 18.0 Å². The molecule has 2 amide bonds. The number of nitrogens with zero attached hydrogens (tertiary/aromatic N) is 2. The van der Waals surface area contributed by atoms with E-state index in [2.05, 4.69) is 43.8 Å². The predicted octanol–water partition coefficient (Wildman–Crippen LogP) is 4.69. The van der Waals surface area contributed by atoms with Crippen molar-refractivity contribution in [1.82, 2.24) is 10.2 Å². The van der Waals surface area contributed by atoms with Gasteiger partial charge in [-0.1, -0.05) is 47.3 Å². The lowest BCUT2D eigenvalue weighted by Gasteiger charge is -2.33. The van der Waals surface area contributed by atoms with E-state index in [-0.39, 0.29) is 18.5 Å². The summed E-state index contributed by atoms with van der Waals surface area (Å²) in [5, 5.41) is 3.10. The van der Waals surface area contributed by atoms with Crippen LogP contribution in [0.1, 0.15) is 44.6 Å². The first-order valence-corrected chi connectivity index (χ1v) is 15.3. The van der Waals surface area contributed by atoms with E-state index in [1.54, 1.807) is 31.2 Å². The zero-order valence-electron chi connectivity index (χ0n) is 19.9. The van der Waals surface area contributed by atoms with E-state index < -0.39 is 28.5 Å². The first-order chi connectivity index (χ1) is 16.5. The Morgan fingerprint density at radius 1 is 1.06 bits per heavy atom. The van der Waals surface area contributed by atoms with Crippen LogP contribution in [0.5, 0.6) is 0 Å². The van der Waals surface area contributed by atoms with E-state index in [4.69, 9.17) is 0 Å². The van der Waals surface area contributed by atoms with Gasteiger partial charge >= 0.3 is 0 Å². The first kappa shape index (κ1) is 27.9. The third-order valence-corrected chi connectivity index (χ3v) is 8.57. The van der Waals surface area contributed by atoms with Gasteiger partial charge in [0.25, 0.3) is 0 Å². The van der Waals surface area contributed by atoms with Gasteiger partial charge in [-0.25, -0.2) is 8.42 Å². The van der Waals surface area contributed by atoms with Gasteiger partial charge in [0, 0.05) is 20.6 Å². The third-order valence-electron chi connectivity index (χ3n) is 6.18. The first-order valence-electron chi connectivity index (χ1n) is 11.6. The molecule has 1 aliphatic carbocycles. The van der Waals surface area contributed by atoms with E-state index in [0.717, 1.165) is 49.9 Å². The van der Waals surface area contributed by atoms with Gasteiger partial charge in [0.1, 0.15) is 12.6 Å². The van der Waals surface area contributed by atoms with Crippen molar-refractivity contribution in [3.05, 3.63) is 62.1 Å². The Bertz CT molecular complexity index is 1120.